The molecule has 0 aromatic heterocycles. The first-order valence-electron chi connectivity index (χ1n) is 2.82. The lowest BCUT2D eigenvalue weighted by atomic mass is 10.2. The van der Waals surface area contributed by atoms with Crippen LogP contribution in [0, 0.1) is 18.2 Å². The summed E-state index contributed by atoms with van der Waals surface area (Å²) in [4.78, 5) is 0.193. The van der Waals surface area contributed by atoms with Crippen molar-refractivity contribution in [2.75, 3.05) is 0 Å². The Morgan fingerprint density at radius 2 is 2.09 bits per heavy atom. The summed E-state index contributed by atoms with van der Waals surface area (Å²) >= 11 is -0.0231. The van der Waals surface area contributed by atoms with Gasteiger partial charge in [0.25, 0.3) is 0 Å². The van der Waals surface area contributed by atoms with E-state index in [1.807, 2.05) is 0 Å². The molecule has 0 spiro atoms. The molecular formula is C8H4F2S. The first kappa shape index (κ1) is 8.09. The second-order valence-electron chi connectivity index (χ2n) is 1.90. The number of benzene rings is 1. The van der Waals surface area contributed by atoms with E-state index in [1.54, 1.807) is 0 Å². The summed E-state index contributed by atoms with van der Waals surface area (Å²) in [5, 5.41) is 0. The average Bonchev–Trinajstić information content (AvgIpc) is 2.03. The molecule has 0 aliphatic carbocycles. The van der Waals surface area contributed by atoms with Crippen molar-refractivity contribution in [2.45, 2.75) is 4.90 Å². The van der Waals surface area contributed by atoms with Crippen LogP contribution in [-0.2, 0) is 0 Å². The zero-order valence-corrected chi connectivity index (χ0v) is 6.29. The van der Waals surface area contributed by atoms with Crippen LogP contribution >= 0.6 is 12.1 Å². The standard InChI is InChI=1S/C8H4F2S/c1-2-6-3-7(9)5-8(4-6)11-10/h1,3-5H. The molecule has 0 bridgehead atoms. The third-order valence-electron chi connectivity index (χ3n) is 1.13. The second kappa shape index (κ2) is 3.40. The van der Waals surface area contributed by atoms with Crippen molar-refractivity contribution in [3.8, 4) is 12.3 Å². The molecule has 0 aliphatic rings. The number of hydrogen-bond acceptors (Lipinski definition) is 1. The van der Waals surface area contributed by atoms with Gasteiger partial charge in [-0.3, -0.25) is 0 Å². The molecule has 0 fully saturated rings. The van der Waals surface area contributed by atoms with Crippen LogP contribution in [0.2, 0.25) is 0 Å². The highest BCUT2D eigenvalue weighted by molar-refractivity contribution is 7.94. The highest BCUT2D eigenvalue weighted by atomic mass is 32.2. The molecule has 0 heterocycles. The van der Waals surface area contributed by atoms with Crippen molar-refractivity contribution in [3.05, 3.63) is 29.6 Å². The van der Waals surface area contributed by atoms with Crippen molar-refractivity contribution >= 4 is 12.1 Å². The molecule has 56 valence electrons. The minimum Gasteiger partial charge on any atom is -0.207 e. The molecule has 3 heteroatoms. The van der Waals surface area contributed by atoms with Crippen LogP contribution in [0.5, 0.6) is 0 Å². The fraction of sp³-hybridized carbons (Fsp3) is 0. The van der Waals surface area contributed by atoms with Gasteiger partial charge in [0.15, 0.2) is 0 Å². The summed E-state index contributed by atoms with van der Waals surface area (Å²) in [6, 6.07) is 3.68. The minimum atomic E-state index is -0.513. The Bertz CT molecular complexity index is 301. The smallest absolute Gasteiger partial charge is 0.125 e. The SMILES string of the molecule is C#Cc1cc(F)cc(SF)c1. The predicted octanol–water partition coefficient (Wildman–Crippen LogP) is 2.78. The van der Waals surface area contributed by atoms with Crippen LogP contribution < -0.4 is 0 Å². The molecule has 0 nitrogen and oxygen atoms in total. The maximum Gasteiger partial charge on any atom is 0.125 e. The Morgan fingerprint density at radius 3 is 2.64 bits per heavy atom. The topological polar surface area (TPSA) is 0 Å². The van der Waals surface area contributed by atoms with E-state index in [0.29, 0.717) is 5.56 Å². The van der Waals surface area contributed by atoms with E-state index in [1.165, 1.54) is 12.1 Å². The van der Waals surface area contributed by atoms with Gasteiger partial charge in [-0.2, -0.15) is 3.89 Å². The molecule has 1 aromatic rings. The van der Waals surface area contributed by atoms with E-state index in [4.69, 9.17) is 6.42 Å². The zero-order valence-electron chi connectivity index (χ0n) is 5.47. The molecule has 0 amide bonds. The molecule has 0 aliphatic heterocycles. The van der Waals surface area contributed by atoms with Crippen LogP contribution in [0.25, 0.3) is 0 Å². The Morgan fingerprint density at radius 1 is 1.36 bits per heavy atom. The Labute approximate surface area is 67.9 Å². The van der Waals surface area contributed by atoms with E-state index in [-0.39, 0.29) is 17.0 Å². The van der Waals surface area contributed by atoms with E-state index in [9.17, 15) is 8.28 Å². The van der Waals surface area contributed by atoms with Gasteiger partial charge in [0.2, 0.25) is 0 Å². The van der Waals surface area contributed by atoms with Gasteiger partial charge in [-0.05, 0) is 18.2 Å². The minimum absolute atomic E-state index is 0.0231. The summed E-state index contributed by atoms with van der Waals surface area (Å²) in [6.07, 6.45) is 4.99. The molecule has 11 heavy (non-hydrogen) atoms. The summed E-state index contributed by atoms with van der Waals surface area (Å²) in [5.41, 5.74) is 0.352. The highest BCUT2D eigenvalue weighted by Crippen LogP contribution is 2.20. The molecule has 1 rings (SSSR count). The van der Waals surface area contributed by atoms with Crippen molar-refractivity contribution in [1.82, 2.24) is 0 Å². The Hall–Kier alpha value is -1.01. The lowest BCUT2D eigenvalue weighted by molar-refractivity contribution is 0.623. The van der Waals surface area contributed by atoms with Gasteiger partial charge in [0.1, 0.15) is 5.82 Å². The van der Waals surface area contributed by atoms with Crippen LogP contribution in [-0.4, -0.2) is 0 Å². The Balaban J connectivity index is 3.15. The van der Waals surface area contributed by atoms with Gasteiger partial charge >= 0.3 is 0 Å². The second-order valence-corrected chi connectivity index (χ2v) is 2.52. The van der Waals surface area contributed by atoms with Gasteiger partial charge in [0, 0.05) is 10.5 Å². The quantitative estimate of drug-likeness (QED) is 0.584. The van der Waals surface area contributed by atoms with Gasteiger partial charge in [-0.15, -0.1) is 6.42 Å². The van der Waals surface area contributed by atoms with Gasteiger partial charge in [-0.1, -0.05) is 5.92 Å². The number of halogens is 2. The van der Waals surface area contributed by atoms with E-state index >= 15 is 0 Å². The maximum absolute atomic E-state index is 12.5. The lowest BCUT2D eigenvalue weighted by Crippen LogP contribution is -1.79. The highest BCUT2D eigenvalue weighted by Gasteiger charge is 1.98. The third-order valence-corrected chi connectivity index (χ3v) is 1.54. The summed E-state index contributed by atoms with van der Waals surface area (Å²) in [5.74, 6) is 1.71. The average molecular weight is 170 g/mol. The van der Waals surface area contributed by atoms with E-state index in [2.05, 4.69) is 5.92 Å². The number of rotatable bonds is 1. The molecular weight excluding hydrogens is 166 g/mol. The third kappa shape index (κ3) is 1.95. The Kier molecular flexibility index (Phi) is 2.50. The van der Waals surface area contributed by atoms with E-state index in [0.717, 1.165) is 6.07 Å². The molecule has 0 saturated carbocycles. The van der Waals surface area contributed by atoms with Gasteiger partial charge in [0.05, 0.1) is 12.1 Å². The van der Waals surface area contributed by atoms with Gasteiger partial charge < -0.3 is 0 Å². The van der Waals surface area contributed by atoms with Crippen LogP contribution in [0.15, 0.2) is 23.1 Å². The van der Waals surface area contributed by atoms with Crippen LogP contribution in [0.3, 0.4) is 0 Å². The molecule has 0 atom stereocenters. The molecule has 0 unspecified atom stereocenters. The molecule has 1 aromatic carbocycles. The molecule has 0 N–H and O–H groups in total. The fourth-order valence-corrected chi connectivity index (χ4v) is 1.02. The van der Waals surface area contributed by atoms with Crippen molar-refractivity contribution in [2.24, 2.45) is 0 Å². The number of terminal acetylenes is 1. The predicted molar refractivity (Wildman–Crippen MR) is 41.3 cm³/mol. The zero-order chi connectivity index (χ0) is 8.27. The summed E-state index contributed by atoms with van der Waals surface area (Å²) in [7, 11) is 0. The fourth-order valence-electron chi connectivity index (χ4n) is 0.691. The first-order valence-corrected chi connectivity index (χ1v) is 3.53. The molecule has 0 saturated heterocycles. The monoisotopic (exact) mass is 170 g/mol. The molecule has 0 radical (unpaired) electrons. The first-order chi connectivity index (χ1) is 5.26. The van der Waals surface area contributed by atoms with Crippen LogP contribution in [0.1, 0.15) is 5.56 Å². The van der Waals surface area contributed by atoms with Crippen LogP contribution in [0.4, 0.5) is 8.28 Å². The largest absolute Gasteiger partial charge is 0.207 e. The van der Waals surface area contributed by atoms with E-state index < -0.39 is 5.82 Å². The number of hydrogen-bond donors (Lipinski definition) is 0. The van der Waals surface area contributed by atoms with Crippen molar-refractivity contribution in [3.63, 3.8) is 0 Å². The normalized spacial score (nSPS) is 9.18. The van der Waals surface area contributed by atoms with Gasteiger partial charge in [-0.25, -0.2) is 4.39 Å². The maximum atomic E-state index is 12.5. The van der Waals surface area contributed by atoms with Crippen molar-refractivity contribution in [1.29, 1.82) is 0 Å². The lowest BCUT2D eigenvalue weighted by Gasteiger charge is -1.94. The van der Waals surface area contributed by atoms with Crippen molar-refractivity contribution < 1.29 is 8.28 Å². The summed E-state index contributed by atoms with van der Waals surface area (Å²) < 4.78 is 24.4. The summed E-state index contributed by atoms with van der Waals surface area (Å²) in [6.45, 7) is 0.